The van der Waals surface area contributed by atoms with Crippen LogP contribution in [-0.4, -0.2) is 36.8 Å². The second-order valence-corrected chi connectivity index (χ2v) is 5.34. The molecule has 1 aliphatic heterocycles. The van der Waals surface area contributed by atoms with Crippen molar-refractivity contribution >= 4 is 28.5 Å². The molecule has 0 saturated carbocycles. The summed E-state index contributed by atoms with van der Waals surface area (Å²) in [6, 6.07) is 7.47. The van der Waals surface area contributed by atoms with Crippen molar-refractivity contribution in [2.24, 2.45) is 5.92 Å². The maximum absolute atomic E-state index is 11.9. The number of aliphatic hydroxyl groups excluding tert-OH is 1. The Morgan fingerprint density at radius 1 is 1.47 bits per heavy atom. The van der Waals surface area contributed by atoms with Crippen LogP contribution in [0.5, 0.6) is 0 Å². The molecular weight excluding hydrogens is 331 g/mol. The monoisotopic (exact) mass is 346 g/mol. The fourth-order valence-electron chi connectivity index (χ4n) is 1.89. The summed E-state index contributed by atoms with van der Waals surface area (Å²) in [7, 11) is 0. The minimum absolute atomic E-state index is 0.0749. The Labute approximate surface area is 114 Å². The first-order valence-electron chi connectivity index (χ1n) is 5.60. The highest BCUT2D eigenvalue weighted by atomic mass is 127. The molecule has 4 nitrogen and oxygen atoms in total. The molecule has 1 heterocycles. The van der Waals surface area contributed by atoms with Gasteiger partial charge in [0.25, 0.3) is 5.91 Å². The van der Waals surface area contributed by atoms with E-state index in [9.17, 15) is 9.90 Å². The summed E-state index contributed by atoms with van der Waals surface area (Å²) in [6.45, 7) is 1.88. The predicted molar refractivity (Wildman–Crippen MR) is 73.9 cm³/mol. The molecule has 1 saturated heterocycles. The summed E-state index contributed by atoms with van der Waals surface area (Å²) in [4.78, 5) is 11.9. The summed E-state index contributed by atoms with van der Waals surface area (Å²) in [5.41, 5.74) is 0.688. The molecule has 0 radical (unpaired) electrons. The second kappa shape index (κ2) is 5.79. The maximum atomic E-state index is 11.9. The summed E-state index contributed by atoms with van der Waals surface area (Å²) < 4.78 is 0.938. The van der Waals surface area contributed by atoms with Crippen molar-refractivity contribution in [1.29, 1.82) is 0 Å². The molecule has 1 amide bonds. The molecule has 0 aromatic heterocycles. The van der Waals surface area contributed by atoms with E-state index in [0.29, 0.717) is 18.7 Å². The summed E-state index contributed by atoms with van der Waals surface area (Å²) in [5, 5.41) is 15.6. The summed E-state index contributed by atoms with van der Waals surface area (Å²) in [5.74, 6) is 0.0365. The fourth-order valence-corrected chi connectivity index (χ4v) is 2.52. The Bertz CT molecular complexity index is 411. The average molecular weight is 346 g/mol. The Morgan fingerprint density at radius 3 is 2.88 bits per heavy atom. The molecule has 1 fully saturated rings. The van der Waals surface area contributed by atoms with E-state index >= 15 is 0 Å². The molecule has 0 aliphatic carbocycles. The van der Waals surface area contributed by atoms with Gasteiger partial charge in [-0.05, 0) is 34.7 Å². The quantitative estimate of drug-likeness (QED) is 0.703. The maximum Gasteiger partial charge on any atom is 0.252 e. The number of hydrogen-bond acceptors (Lipinski definition) is 3. The van der Waals surface area contributed by atoms with E-state index in [4.69, 9.17) is 0 Å². The molecule has 0 spiro atoms. The van der Waals surface area contributed by atoms with Crippen molar-refractivity contribution in [3.8, 4) is 0 Å². The number of amides is 1. The van der Waals surface area contributed by atoms with E-state index in [0.717, 1.165) is 10.1 Å². The van der Waals surface area contributed by atoms with Gasteiger partial charge in [-0.2, -0.15) is 0 Å². The first kappa shape index (κ1) is 12.8. The van der Waals surface area contributed by atoms with Crippen LogP contribution in [0.1, 0.15) is 10.4 Å². The standard InChI is InChI=1S/C12H15IN2O2/c13-10-4-2-1-3-9(10)12(17)15-6-8-5-14-7-11(8)16/h1-4,8,11,14,16H,5-7H2,(H,15,17). The zero-order valence-electron chi connectivity index (χ0n) is 9.32. The van der Waals surface area contributed by atoms with Gasteiger partial charge in [0.15, 0.2) is 0 Å². The lowest BCUT2D eigenvalue weighted by atomic mass is 10.1. The van der Waals surface area contributed by atoms with Crippen molar-refractivity contribution in [3.05, 3.63) is 33.4 Å². The molecule has 0 bridgehead atoms. The number of β-amino-alcohol motifs (C(OH)–C–C–N with tert-alkyl or cyclic N) is 1. The zero-order chi connectivity index (χ0) is 12.3. The third-order valence-electron chi connectivity index (χ3n) is 2.95. The normalized spacial score (nSPS) is 23.6. The van der Waals surface area contributed by atoms with Gasteiger partial charge in [0, 0.05) is 29.1 Å². The minimum Gasteiger partial charge on any atom is -0.391 e. The SMILES string of the molecule is O=C(NCC1CNCC1O)c1ccccc1I. The Hall–Kier alpha value is -0.660. The first-order chi connectivity index (χ1) is 8.18. The molecule has 2 rings (SSSR count). The van der Waals surface area contributed by atoms with Gasteiger partial charge < -0.3 is 15.7 Å². The highest BCUT2D eigenvalue weighted by molar-refractivity contribution is 14.1. The molecule has 2 atom stereocenters. The Kier molecular flexibility index (Phi) is 4.36. The number of nitrogens with one attached hydrogen (secondary N) is 2. The van der Waals surface area contributed by atoms with Crippen molar-refractivity contribution < 1.29 is 9.90 Å². The van der Waals surface area contributed by atoms with E-state index in [1.54, 1.807) is 6.07 Å². The number of aliphatic hydroxyl groups is 1. The van der Waals surface area contributed by atoms with Gasteiger partial charge in [-0.3, -0.25) is 4.79 Å². The van der Waals surface area contributed by atoms with Crippen LogP contribution in [0.4, 0.5) is 0 Å². The second-order valence-electron chi connectivity index (χ2n) is 4.18. The smallest absolute Gasteiger partial charge is 0.252 e. The van der Waals surface area contributed by atoms with Gasteiger partial charge in [-0.1, -0.05) is 12.1 Å². The van der Waals surface area contributed by atoms with Crippen LogP contribution in [0.25, 0.3) is 0 Å². The number of carbonyl (C=O) groups is 1. The van der Waals surface area contributed by atoms with Crippen LogP contribution in [0.3, 0.4) is 0 Å². The van der Waals surface area contributed by atoms with Gasteiger partial charge in [0.2, 0.25) is 0 Å². The molecular formula is C12H15IN2O2. The van der Waals surface area contributed by atoms with E-state index in [2.05, 4.69) is 33.2 Å². The fraction of sp³-hybridized carbons (Fsp3) is 0.417. The highest BCUT2D eigenvalue weighted by Gasteiger charge is 2.25. The summed E-state index contributed by atoms with van der Waals surface area (Å²) in [6.07, 6.45) is -0.356. The number of carbonyl (C=O) groups excluding carboxylic acids is 1. The first-order valence-corrected chi connectivity index (χ1v) is 6.68. The average Bonchev–Trinajstić information content (AvgIpc) is 2.72. The molecule has 92 valence electrons. The molecule has 1 aromatic carbocycles. The van der Waals surface area contributed by atoms with Crippen LogP contribution in [-0.2, 0) is 0 Å². The van der Waals surface area contributed by atoms with Crippen LogP contribution in [0.2, 0.25) is 0 Å². The number of halogens is 1. The number of hydrogen-bond donors (Lipinski definition) is 3. The number of rotatable bonds is 3. The van der Waals surface area contributed by atoms with Crippen molar-refractivity contribution in [2.45, 2.75) is 6.10 Å². The van der Waals surface area contributed by atoms with Crippen LogP contribution in [0, 0.1) is 9.49 Å². The molecule has 2 unspecified atom stereocenters. The lowest BCUT2D eigenvalue weighted by molar-refractivity contribution is 0.0926. The van der Waals surface area contributed by atoms with E-state index in [1.807, 2.05) is 18.2 Å². The molecule has 1 aliphatic rings. The van der Waals surface area contributed by atoms with Crippen molar-refractivity contribution in [1.82, 2.24) is 10.6 Å². The van der Waals surface area contributed by atoms with Crippen molar-refractivity contribution in [3.63, 3.8) is 0 Å². The van der Waals surface area contributed by atoms with Crippen molar-refractivity contribution in [2.75, 3.05) is 19.6 Å². The van der Waals surface area contributed by atoms with E-state index in [-0.39, 0.29) is 17.9 Å². The molecule has 5 heteroatoms. The highest BCUT2D eigenvalue weighted by Crippen LogP contribution is 2.12. The molecule has 1 aromatic rings. The third kappa shape index (κ3) is 3.17. The number of benzene rings is 1. The van der Waals surface area contributed by atoms with Gasteiger partial charge in [-0.25, -0.2) is 0 Å². The Morgan fingerprint density at radius 2 is 2.24 bits per heavy atom. The third-order valence-corrected chi connectivity index (χ3v) is 3.89. The van der Waals surface area contributed by atoms with Crippen LogP contribution >= 0.6 is 22.6 Å². The largest absolute Gasteiger partial charge is 0.391 e. The van der Waals surface area contributed by atoms with Gasteiger partial charge in [-0.15, -0.1) is 0 Å². The molecule has 17 heavy (non-hydrogen) atoms. The van der Waals surface area contributed by atoms with Gasteiger partial charge >= 0.3 is 0 Å². The minimum atomic E-state index is -0.356. The van der Waals surface area contributed by atoms with Gasteiger partial charge in [0.1, 0.15) is 0 Å². The zero-order valence-corrected chi connectivity index (χ0v) is 11.5. The predicted octanol–water partition coefficient (Wildman–Crippen LogP) is 0.601. The van der Waals surface area contributed by atoms with Crippen LogP contribution in [0.15, 0.2) is 24.3 Å². The summed E-state index contributed by atoms with van der Waals surface area (Å²) >= 11 is 2.15. The lowest BCUT2D eigenvalue weighted by Crippen LogP contribution is -2.34. The molecule has 3 N–H and O–H groups in total. The van der Waals surface area contributed by atoms with Crippen LogP contribution < -0.4 is 10.6 Å². The van der Waals surface area contributed by atoms with E-state index < -0.39 is 0 Å². The Balaban J connectivity index is 1.91. The topological polar surface area (TPSA) is 61.4 Å². The van der Waals surface area contributed by atoms with Gasteiger partial charge in [0.05, 0.1) is 11.7 Å². The lowest BCUT2D eigenvalue weighted by Gasteiger charge is -2.14. The van der Waals surface area contributed by atoms with E-state index in [1.165, 1.54) is 0 Å².